The Kier molecular flexibility index (Phi) is 3.47. The zero-order valence-corrected chi connectivity index (χ0v) is 14.1. The van der Waals surface area contributed by atoms with Crippen molar-refractivity contribution < 1.29 is 9.90 Å². The van der Waals surface area contributed by atoms with Crippen molar-refractivity contribution in [2.24, 2.45) is 7.05 Å². The summed E-state index contributed by atoms with van der Waals surface area (Å²) in [6.45, 7) is 1.82. The first-order chi connectivity index (χ1) is 12.4. The molecule has 0 aliphatic carbocycles. The molecule has 0 radical (unpaired) electrons. The number of anilines is 2. The van der Waals surface area contributed by atoms with Crippen LogP contribution in [-0.2, 0) is 7.05 Å². The first-order valence-electron chi connectivity index (χ1n) is 7.89. The van der Waals surface area contributed by atoms with Crippen molar-refractivity contribution in [3.63, 3.8) is 0 Å². The molecule has 8 heteroatoms. The molecule has 4 rings (SSSR count). The number of nitrogens with zero attached hydrogens (tertiary/aromatic N) is 4. The standard InChI is InChI=1S/C18H15N5O3/c1-10-3-6-14-20-16(15(18(25)26)17(24)23(14)8-10)19-12-4-5-13-11(7-12)9-22(2)21-13/h3-9,19H,1-2H3,(H,25,26). The monoisotopic (exact) mass is 349 g/mol. The third kappa shape index (κ3) is 2.57. The molecule has 2 N–H and O–H groups in total. The van der Waals surface area contributed by atoms with Gasteiger partial charge in [0.1, 0.15) is 5.65 Å². The van der Waals surface area contributed by atoms with Crippen LogP contribution in [0, 0.1) is 6.92 Å². The number of aromatic nitrogens is 4. The Morgan fingerprint density at radius 3 is 2.77 bits per heavy atom. The van der Waals surface area contributed by atoms with Crippen molar-refractivity contribution in [3.05, 3.63) is 64.2 Å². The zero-order valence-electron chi connectivity index (χ0n) is 14.1. The van der Waals surface area contributed by atoms with Crippen molar-refractivity contribution >= 4 is 34.0 Å². The Bertz CT molecular complexity index is 1240. The molecule has 0 saturated carbocycles. The molecule has 0 saturated heterocycles. The number of pyridine rings is 1. The van der Waals surface area contributed by atoms with Gasteiger partial charge in [-0.05, 0) is 36.8 Å². The predicted molar refractivity (Wildman–Crippen MR) is 97.2 cm³/mol. The molecule has 0 fully saturated rings. The fourth-order valence-electron chi connectivity index (χ4n) is 2.89. The van der Waals surface area contributed by atoms with E-state index < -0.39 is 17.1 Å². The molecular weight excluding hydrogens is 334 g/mol. The molecule has 0 unspecified atom stereocenters. The second-order valence-electron chi connectivity index (χ2n) is 6.08. The Morgan fingerprint density at radius 2 is 2.00 bits per heavy atom. The maximum atomic E-state index is 12.6. The summed E-state index contributed by atoms with van der Waals surface area (Å²) >= 11 is 0. The lowest BCUT2D eigenvalue weighted by Crippen LogP contribution is -2.25. The summed E-state index contributed by atoms with van der Waals surface area (Å²) in [5, 5.41) is 17.7. The highest BCUT2D eigenvalue weighted by molar-refractivity contribution is 5.94. The molecule has 8 nitrogen and oxygen atoms in total. The molecule has 0 bridgehead atoms. The van der Waals surface area contributed by atoms with Gasteiger partial charge in [-0.3, -0.25) is 13.9 Å². The van der Waals surface area contributed by atoms with Gasteiger partial charge in [0, 0.05) is 30.5 Å². The van der Waals surface area contributed by atoms with Crippen molar-refractivity contribution in [2.45, 2.75) is 6.92 Å². The average molecular weight is 349 g/mol. The fraction of sp³-hybridized carbons (Fsp3) is 0.111. The highest BCUT2D eigenvalue weighted by atomic mass is 16.4. The number of hydrogen-bond donors (Lipinski definition) is 2. The Morgan fingerprint density at radius 1 is 1.19 bits per heavy atom. The first kappa shape index (κ1) is 15.8. The van der Waals surface area contributed by atoms with Gasteiger partial charge in [-0.15, -0.1) is 0 Å². The Balaban J connectivity index is 1.88. The van der Waals surface area contributed by atoms with Crippen LogP contribution < -0.4 is 10.9 Å². The zero-order chi connectivity index (χ0) is 18.4. The SMILES string of the molecule is Cc1ccc2nc(Nc3ccc4nn(C)cc4c3)c(C(=O)O)c(=O)n2c1. The third-order valence-corrected chi connectivity index (χ3v) is 4.07. The van der Waals surface area contributed by atoms with Crippen LogP contribution in [0.3, 0.4) is 0 Å². The highest BCUT2D eigenvalue weighted by Gasteiger charge is 2.19. The second kappa shape index (κ2) is 5.69. The average Bonchev–Trinajstić information content (AvgIpc) is 2.94. The fourth-order valence-corrected chi connectivity index (χ4v) is 2.89. The topological polar surface area (TPSA) is 102 Å². The van der Waals surface area contributed by atoms with Gasteiger partial charge in [0.15, 0.2) is 11.4 Å². The molecule has 3 aromatic heterocycles. The normalized spacial score (nSPS) is 11.2. The predicted octanol–water partition coefficient (Wildman–Crippen LogP) is 2.33. The third-order valence-electron chi connectivity index (χ3n) is 4.07. The van der Waals surface area contributed by atoms with Gasteiger partial charge in [0.25, 0.3) is 5.56 Å². The molecule has 4 aromatic rings. The summed E-state index contributed by atoms with van der Waals surface area (Å²) in [4.78, 5) is 28.6. The number of fused-ring (bicyclic) bond motifs is 2. The van der Waals surface area contributed by atoms with Gasteiger partial charge in [0.05, 0.1) is 5.52 Å². The number of rotatable bonds is 3. The van der Waals surface area contributed by atoms with Crippen molar-refractivity contribution in [2.75, 3.05) is 5.32 Å². The van der Waals surface area contributed by atoms with Gasteiger partial charge >= 0.3 is 5.97 Å². The molecule has 0 atom stereocenters. The van der Waals surface area contributed by atoms with E-state index in [2.05, 4.69) is 15.4 Å². The smallest absolute Gasteiger partial charge is 0.345 e. The Hall–Kier alpha value is -3.68. The van der Waals surface area contributed by atoms with Gasteiger partial charge in [-0.2, -0.15) is 5.10 Å². The maximum absolute atomic E-state index is 12.6. The Labute approximate surface area is 147 Å². The van der Waals surface area contributed by atoms with E-state index in [0.29, 0.717) is 11.3 Å². The summed E-state index contributed by atoms with van der Waals surface area (Å²) in [5.74, 6) is -1.32. The number of aromatic carboxylic acids is 1. The van der Waals surface area contributed by atoms with E-state index in [0.717, 1.165) is 16.5 Å². The van der Waals surface area contributed by atoms with Crippen LogP contribution in [-0.4, -0.2) is 30.2 Å². The number of hydrogen-bond acceptors (Lipinski definition) is 5. The maximum Gasteiger partial charge on any atom is 0.345 e. The summed E-state index contributed by atoms with van der Waals surface area (Å²) in [5.41, 5.74) is 1.61. The van der Waals surface area contributed by atoms with Crippen LogP contribution in [0.5, 0.6) is 0 Å². The van der Waals surface area contributed by atoms with Gasteiger partial charge < -0.3 is 10.4 Å². The molecule has 0 amide bonds. The van der Waals surface area contributed by atoms with Crippen LogP contribution >= 0.6 is 0 Å². The molecule has 130 valence electrons. The number of benzene rings is 1. The van der Waals surface area contributed by atoms with Gasteiger partial charge in [-0.25, -0.2) is 9.78 Å². The molecule has 3 heterocycles. The van der Waals surface area contributed by atoms with E-state index in [4.69, 9.17) is 0 Å². The van der Waals surface area contributed by atoms with E-state index in [1.165, 1.54) is 4.40 Å². The van der Waals surface area contributed by atoms with E-state index in [-0.39, 0.29) is 5.82 Å². The van der Waals surface area contributed by atoms with Crippen molar-refractivity contribution in [1.82, 2.24) is 19.2 Å². The summed E-state index contributed by atoms with van der Waals surface area (Å²) in [6, 6.07) is 8.90. The molecular formula is C18H15N5O3. The lowest BCUT2D eigenvalue weighted by Gasteiger charge is -2.11. The molecule has 0 aliphatic heterocycles. The van der Waals surface area contributed by atoms with E-state index >= 15 is 0 Å². The van der Waals surface area contributed by atoms with Crippen LogP contribution in [0.4, 0.5) is 11.5 Å². The minimum Gasteiger partial charge on any atom is -0.477 e. The first-order valence-corrected chi connectivity index (χ1v) is 7.89. The van der Waals surface area contributed by atoms with Crippen molar-refractivity contribution in [3.8, 4) is 0 Å². The number of carbonyl (C=O) groups is 1. The molecule has 0 aliphatic rings. The van der Waals surface area contributed by atoms with Crippen LogP contribution in [0.1, 0.15) is 15.9 Å². The summed E-state index contributed by atoms with van der Waals surface area (Å²) < 4.78 is 2.94. The minimum atomic E-state index is -1.33. The lowest BCUT2D eigenvalue weighted by molar-refractivity contribution is 0.0695. The number of nitrogens with one attached hydrogen (secondary N) is 1. The number of carboxylic acids is 1. The second-order valence-corrected chi connectivity index (χ2v) is 6.08. The van der Waals surface area contributed by atoms with E-state index in [1.807, 2.05) is 38.4 Å². The van der Waals surface area contributed by atoms with E-state index in [1.54, 1.807) is 23.0 Å². The number of carboxylic acid groups (broad SMARTS) is 1. The summed E-state index contributed by atoms with van der Waals surface area (Å²) in [6.07, 6.45) is 3.42. The minimum absolute atomic E-state index is 0.00888. The number of aryl methyl sites for hydroxylation is 2. The quantitative estimate of drug-likeness (QED) is 0.589. The lowest BCUT2D eigenvalue weighted by atomic mass is 10.2. The van der Waals surface area contributed by atoms with Crippen LogP contribution in [0.15, 0.2) is 47.5 Å². The highest BCUT2D eigenvalue weighted by Crippen LogP contribution is 2.22. The molecule has 26 heavy (non-hydrogen) atoms. The van der Waals surface area contributed by atoms with Gasteiger partial charge in [0.2, 0.25) is 0 Å². The van der Waals surface area contributed by atoms with Crippen molar-refractivity contribution in [1.29, 1.82) is 0 Å². The van der Waals surface area contributed by atoms with Gasteiger partial charge in [-0.1, -0.05) is 6.07 Å². The largest absolute Gasteiger partial charge is 0.477 e. The molecule has 0 spiro atoms. The summed E-state index contributed by atoms with van der Waals surface area (Å²) in [7, 11) is 1.82. The molecule has 1 aromatic carbocycles. The van der Waals surface area contributed by atoms with Crippen LogP contribution in [0.25, 0.3) is 16.6 Å². The van der Waals surface area contributed by atoms with Crippen LogP contribution in [0.2, 0.25) is 0 Å². The van der Waals surface area contributed by atoms with E-state index in [9.17, 15) is 14.7 Å².